The smallest absolute Gasteiger partial charge is 0.276 e. The number of amides is 1. The Labute approximate surface area is 149 Å². The predicted octanol–water partition coefficient (Wildman–Crippen LogP) is 1.34. The first-order chi connectivity index (χ1) is 12.7. The van der Waals surface area contributed by atoms with E-state index in [2.05, 4.69) is 35.6 Å². The number of aryl methyl sites for hydroxylation is 1. The maximum absolute atomic E-state index is 12.1. The summed E-state index contributed by atoms with van der Waals surface area (Å²) in [7, 11) is 0. The molecule has 0 saturated heterocycles. The van der Waals surface area contributed by atoms with Crippen LogP contribution in [0.1, 0.15) is 17.0 Å². The van der Waals surface area contributed by atoms with Gasteiger partial charge in [-0.25, -0.2) is 4.99 Å². The summed E-state index contributed by atoms with van der Waals surface area (Å²) < 4.78 is 0. The van der Waals surface area contributed by atoms with Gasteiger partial charge >= 0.3 is 0 Å². The number of hydrogen-bond acceptors (Lipinski definition) is 7. The molecule has 0 atom stereocenters. The molecular formula is C18H15N7O. The van der Waals surface area contributed by atoms with Crippen molar-refractivity contribution in [1.29, 1.82) is 0 Å². The average Bonchev–Trinajstić information content (AvgIpc) is 3.01. The molecule has 0 saturated carbocycles. The fraction of sp³-hybridized carbons (Fsp3) is 0.111. The molecule has 8 heteroatoms. The van der Waals surface area contributed by atoms with Gasteiger partial charge in [0.25, 0.3) is 5.91 Å². The van der Waals surface area contributed by atoms with E-state index in [9.17, 15) is 4.79 Å². The third kappa shape index (κ3) is 3.39. The Balaban J connectivity index is 1.51. The van der Waals surface area contributed by atoms with Crippen molar-refractivity contribution < 1.29 is 4.79 Å². The van der Waals surface area contributed by atoms with E-state index in [-0.39, 0.29) is 5.91 Å². The summed E-state index contributed by atoms with van der Waals surface area (Å²) in [6, 6.07) is 5.60. The lowest BCUT2D eigenvalue weighted by molar-refractivity contribution is -0.115. The molecule has 0 unspecified atom stereocenters. The molecule has 3 heterocycles. The van der Waals surface area contributed by atoms with Crippen molar-refractivity contribution in [1.82, 2.24) is 30.6 Å². The van der Waals surface area contributed by atoms with Crippen LogP contribution in [0.4, 0.5) is 0 Å². The minimum atomic E-state index is -0.262. The second-order valence-electron chi connectivity index (χ2n) is 5.75. The Morgan fingerprint density at radius 1 is 1.08 bits per heavy atom. The molecule has 1 aromatic carbocycles. The summed E-state index contributed by atoms with van der Waals surface area (Å²) in [5, 5.41) is 5.74. The van der Waals surface area contributed by atoms with Gasteiger partial charge in [-0.3, -0.25) is 30.0 Å². The van der Waals surface area contributed by atoms with Crippen LogP contribution >= 0.6 is 0 Å². The monoisotopic (exact) mass is 345 g/mol. The van der Waals surface area contributed by atoms with Crippen LogP contribution in [-0.2, 0) is 11.3 Å². The van der Waals surface area contributed by atoms with Crippen LogP contribution in [0.3, 0.4) is 0 Å². The molecular weight excluding hydrogens is 330 g/mol. The summed E-state index contributed by atoms with van der Waals surface area (Å²) >= 11 is 0. The summed E-state index contributed by atoms with van der Waals surface area (Å²) in [5.74, 6) is 0.130. The van der Waals surface area contributed by atoms with Crippen LogP contribution in [0.25, 0.3) is 17.1 Å². The van der Waals surface area contributed by atoms with Crippen LogP contribution in [0, 0.1) is 6.92 Å². The number of nitrogens with zero attached hydrogens (tertiary/aromatic N) is 5. The lowest BCUT2D eigenvalue weighted by Gasteiger charge is -2.04. The molecule has 26 heavy (non-hydrogen) atoms. The standard InChI is InChI=1S/C18H15N7O/c1-11-8-22-13(9-21-11)10-23-18-24-16(17(26)25-18)7-12-2-3-14-15(6-12)20-5-4-19-14/h2-9H,10H2,1H3,(H2,23,24,25,26)/b16-7-. The Hall–Kier alpha value is -3.68. The highest BCUT2D eigenvalue weighted by molar-refractivity contribution is 6.13. The van der Waals surface area contributed by atoms with Gasteiger partial charge in [-0.15, -0.1) is 0 Å². The Kier molecular flexibility index (Phi) is 4.06. The largest absolute Gasteiger partial charge is 0.350 e. The van der Waals surface area contributed by atoms with Crippen molar-refractivity contribution in [3.8, 4) is 0 Å². The van der Waals surface area contributed by atoms with Crippen LogP contribution in [-0.4, -0.2) is 31.8 Å². The quantitative estimate of drug-likeness (QED) is 0.694. The molecule has 128 valence electrons. The van der Waals surface area contributed by atoms with E-state index in [1.54, 1.807) is 30.9 Å². The van der Waals surface area contributed by atoms with Crippen LogP contribution in [0.2, 0.25) is 0 Å². The van der Waals surface area contributed by atoms with Gasteiger partial charge in [-0.05, 0) is 30.7 Å². The van der Waals surface area contributed by atoms with Gasteiger partial charge in [0.2, 0.25) is 5.96 Å². The van der Waals surface area contributed by atoms with Crippen molar-refractivity contribution in [3.05, 3.63) is 65.6 Å². The molecule has 4 rings (SSSR count). The number of aromatic nitrogens is 4. The number of aliphatic imine (C=N–C) groups is 1. The molecule has 1 aliphatic heterocycles. The number of nitrogens with one attached hydrogen (secondary N) is 2. The van der Waals surface area contributed by atoms with E-state index in [0.717, 1.165) is 28.0 Å². The van der Waals surface area contributed by atoms with Crippen molar-refractivity contribution >= 4 is 29.0 Å². The maximum atomic E-state index is 12.1. The van der Waals surface area contributed by atoms with Gasteiger partial charge in [-0.2, -0.15) is 0 Å². The highest BCUT2D eigenvalue weighted by atomic mass is 16.2. The van der Waals surface area contributed by atoms with Gasteiger partial charge in [0.05, 0.1) is 35.2 Å². The highest BCUT2D eigenvalue weighted by Gasteiger charge is 2.19. The molecule has 3 aromatic rings. The lowest BCUT2D eigenvalue weighted by atomic mass is 10.1. The number of carbonyl (C=O) groups is 1. The van der Waals surface area contributed by atoms with Gasteiger partial charge in [0, 0.05) is 18.6 Å². The SMILES string of the molecule is Cc1cnc(CNC2=N/C(=C\c3ccc4nccnc4c3)C(=O)N2)cn1. The molecule has 1 aliphatic rings. The molecule has 0 fully saturated rings. The number of carbonyl (C=O) groups excluding carboxylic acids is 1. The van der Waals surface area contributed by atoms with Gasteiger partial charge in [0.1, 0.15) is 5.70 Å². The molecule has 0 spiro atoms. The zero-order valence-corrected chi connectivity index (χ0v) is 14.0. The Morgan fingerprint density at radius 3 is 2.73 bits per heavy atom. The van der Waals surface area contributed by atoms with Crippen LogP contribution in [0.5, 0.6) is 0 Å². The molecule has 2 aromatic heterocycles. The van der Waals surface area contributed by atoms with E-state index in [1.165, 1.54) is 0 Å². The Morgan fingerprint density at radius 2 is 1.92 bits per heavy atom. The second kappa shape index (κ2) is 6.67. The van der Waals surface area contributed by atoms with Crippen LogP contribution in [0.15, 0.2) is 53.7 Å². The summed E-state index contributed by atoms with van der Waals surface area (Å²) in [5.41, 5.74) is 4.34. The molecule has 0 bridgehead atoms. The third-order valence-corrected chi connectivity index (χ3v) is 3.76. The number of benzene rings is 1. The van der Waals surface area contributed by atoms with Crippen molar-refractivity contribution in [3.63, 3.8) is 0 Å². The van der Waals surface area contributed by atoms with Crippen molar-refractivity contribution in [2.45, 2.75) is 13.5 Å². The second-order valence-corrected chi connectivity index (χ2v) is 5.75. The summed E-state index contributed by atoms with van der Waals surface area (Å²) in [4.78, 5) is 33.3. The first kappa shape index (κ1) is 15.8. The average molecular weight is 345 g/mol. The van der Waals surface area contributed by atoms with Crippen molar-refractivity contribution in [2.75, 3.05) is 0 Å². The van der Waals surface area contributed by atoms with Crippen molar-refractivity contribution in [2.24, 2.45) is 4.99 Å². The van der Waals surface area contributed by atoms with E-state index in [1.807, 2.05) is 25.1 Å². The van der Waals surface area contributed by atoms with E-state index in [4.69, 9.17) is 0 Å². The first-order valence-corrected chi connectivity index (χ1v) is 8.01. The van der Waals surface area contributed by atoms with E-state index < -0.39 is 0 Å². The maximum Gasteiger partial charge on any atom is 0.276 e. The normalized spacial score (nSPS) is 15.2. The molecule has 0 radical (unpaired) electrons. The van der Waals surface area contributed by atoms with Gasteiger partial charge in [-0.1, -0.05) is 6.07 Å². The number of guanidine groups is 1. The summed E-state index contributed by atoms with van der Waals surface area (Å²) in [6.45, 7) is 2.30. The number of hydrogen-bond donors (Lipinski definition) is 2. The van der Waals surface area contributed by atoms with E-state index >= 15 is 0 Å². The molecule has 0 aliphatic carbocycles. The third-order valence-electron chi connectivity index (χ3n) is 3.76. The first-order valence-electron chi connectivity index (χ1n) is 8.01. The lowest BCUT2D eigenvalue weighted by Crippen LogP contribution is -2.35. The van der Waals surface area contributed by atoms with Crippen LogP contribution < -0.4 is 10.6 Å². The van der Waals surface area contributed by atoms with E-state index in [0.29, 0.717) is 18.2 Å². The zero-order valence-electron chi connectivity index (χ0n) is 14.0. The summed E-state index contributed by atoms with van der Waals surface area (Å²) in [6.07, 6.45) is 8.37. The van der Waals surface area contributed by atoms with Gasteiger partial charge < -0.3 is 5.32 Å². The molecule has 2 N–H and O–H groups in total. The molecule has 1 amide bonds. The van der Waals surface area contributed by atoms with Gasteiger partial charge in [0.15, 0.2) is 0 Å². The fourth-order valence-electron chi connectivity index (χ4n) is 2.47. The minimum absolute atomic E-state index is 0.262. The zero-order chi connectivity index (χ0) is 17.9. The topological polar surface area (TPSA) is 105 Å². The minimum Gasteiger partial charge on any atom is -0.350 e. The Bertz CT molecular complexity index is 1040. The predicted molar refractivity (Wildman–Crippen MR) is 96.7 cm³/mol. The molecule has 8 nitrogen and oxygen atoms in total. The number of rotatable bonds is 3. The number of fused-ring (bicyclic) bond motifs is 1. The fourth-order valence-corrected chi connectivity index (χ4v) is 2.47. The highest BCUT2D eigenvalue weighted by Crippen LogP contribution is 2.16.